The van der Waals surface area contributed by atoms with Gasteiger partial charge < -0.3 is 14.8 Å². The molecule has 0 spiro atoms. The van der Waals surface area contributed by atoms with Crippen molar-refractivity contribution in [3.8, 4) is 11.5 Å². The molecule has 3 heteroatoms. The molecule has 0 fully saturated rings. The van der Waals surface area contributed by atoms with Crippen molar-refractivity contribution < 1.29 is 9.47 Å². The summed E-state index contributed by atoms with van der Waals surface area (Å²) in [7, 11) is 3.31. The number of ether oxygens (including phenoxy) is 2. The summed E-state index contributed by atoms with van der Waals surface area (Å²) >= 11 is 0. The monoisotopic (exact) mass is 219 g/mol. The van der Waals surface area contributed by atoms with Crippen molar-refractivity contribution in [1.82, 2.24) is 5.32 Å². The van der Waals surface area contributed by atoms with Crippen molar-refractivity contribution in [2.45, 2.75) is 6.42 Å². The van der Waals surface area contributed by atoms with Crippen molar-refractivity contribution in [2.24, 2.45) is 0 Å². The van der Waals surface area contributed by atoms with E-state index in [-0.39, 0.29) is 0 Å². The molecule has 3 nitrogen and oxygen atoms in total. The predicted molar refractivity (Wildman–Crippen MR) is 65.0 cm³/mol. The van der Waals surface area contributed by atoms with Crippen LogP contribution in [-0.2, 0) is 0 Å². The first kappa shape index (κ1) is 11.0. The zero-order valence-corrected chi connectivity index (χ0v) is 9.75. The van der Waals surface area contributed by atoms with Crippen LogP contribution in [0.4, 0.5) is 0 Å². The molecule has 1 aromatic rings. The summed E-state index contributed by atoms with van der Waals surface area (Å²) in [6.07, 6.45) is 3.36. The zero-order valence-electron chi connectivity index (χ0n) is 9.75. The van der Waals surface area contributed by atoms with Crippen LogP contribution in [-0.4, -0.2) is 27.3 Å². The summed E-state index contributed by atoms with van der Waals surface area (Å²) in [6.45, 7) is 1.99. The maximum absolute atomic E-state index is 5.30. The van der Waals surface area contributed by atoms with Gasteiger partial charge in [0.2, 0.25) is 0 Å². The highest BCUT2D eigenvalue weighted by atomic mass is 16.5. The van der Waals surface area contributed by atoms with Crippen LogP contribution in [0.3, 0.4) is 0 Å². The second-order valence-electron chi connectivity index (χ2n) is 3.76. The lowest BCUT2D eigenvalue weighted by Crippen LogP contribution is -2.21. The number of hydrogen-bond donors (Lipinski definition) is 1. The van der Waals surface area contributed by atoms with E-state index in [1.165, 1.54) is 11.1 Å². The van der Waals surface area contributed by atoms with E-state index in [0.717, 1.165) is 31.0 Å². The van der Waals surface area contributed by atoms with Gasteiger partial charge >= 0.3 is 0 Å². The first-order valence-corrected chi connectivity index (χ1v) is 5.47. The summed E-state index contributed by atoms with van der Waals surface area (Å²) in [6, 6.07) is 6.04. The molecule has 0 amide bonds. The maximum atomic E-state index is 5.30. The van der Waals surface area contributed by atoms with Crippen molar-refractivity contribution in [2.75, 3.05) is 27.3 Å². The minimum Gasteiger partial charge on any atom is -0.493 e. The van der Waals surface area contributed by atoms with Crippen LogP contribution in [0.5, 0.6) is 11.5 Å². The summed E-state index contributed by atoms with van der Waals surface area (Å²) in [5.74, 6) is 1.56. The van der Waals surface area contributed by atoms with Gasteiger partial charge in [-0.2, -0.15) is 0 Å². The molecule has 16 heavy (non-hydrogen) atoms. The third-order valence-electron chi connectivity index (χ3n) is 2.78. The molecule has 0 saturated carbocycles. The fraction of sp³-hybridized carbons (Fsp3) is 0.385. The van der Waals surface area contributed by atoms with E-state index in [4.69, 9.17) is 9.47 Å². The van der Waals surface area contributed by atoms with Crippen molar-refractivity contribution >= 4 is 5.57 Å². The van der Waals surface area contributed by atoms with Crippen LogP contribution in [0, 0.1) is 0 Å². The molecule has 0 aliphatic carbocycles. The maximum Gasteiger partial charge on any atom is 0.161 e. The smallest absolute Gasteiger partial charge is 0.161 e. The molecule has 0 unspecified atom stereocenters. The lowest BCUT2D eigenvalue weighted by molar-refractivity contribution is 0.355. The second kappa shape index (κ2) is 5.03. The van der Waals surface area contributed by atoms with Crippen LogP contribution in [0.25, 0.3) is 5.57 Å². The van der Waals surface area contributed by atoms with Gasteiger partial charge in [-0.15, -0.1) is 0 Å². The van der Waals surface area contributed by atoms with E-state index in [1.54, 1.807) is 14.2 Å². The molecule has 1 aliphatic rings. The Labute approximate surface area is 96.1 Å². The molecule has 1 heterocycles. The lowest BCUT2D eigenvalue weighted by atomic mass is 10.0. The number of benzene rings is 1. The van der Waals surface area contributed by atoms with Gasteiger partial charge in [-0.1, -0.05) is 12.1 Å². The SMILES string of the molecule is COc1ccc(C2=CCCNC2)cc1OC. The van der Waals surface area contributed by atoms with Gasteiger partial charge in [-0.3, -0.25) is 0 Å². The fourth-order valence-corrected chi connectivity index (χ4v) is 1.90. The van der Waals surface area contributed by atoms with Crippen LogP contribution < -0.4 is 14.8 Å². The Morgan fingerprint density at radius 1 is 1.12 bits per heavy atom. The first-order chi connectivity index (χ1) is 7.85. The molecule has 86 valence electrons. The third-order valence-corrected chi connectivity index (χ3v) is 2.78. The molecular formula is C13H17NO2. The Hall–Kier alpha value is -1.48. The van der Waals surface area contributed by atoms with Crippen LogP contribution in [0.15, 0.2) is 24.3 Å². The summed E-state index contributed by atoms with van der Waals surface area (Å²) in [4.78, 5) is 0. The molecule has 0 aromatic heterocycles. The van der Waals surface area contributed by atoms with E-state index in [9.17, 15) is 0 Å². The molecule has 2 rings (SSSR count). The molecule has 1 aliphatic heterocycles. The van der Waals surface area contributed by atoms with E-state index in [1.807, 2.05) is 12.1 Å². The summed E-state index contributed by atoms with van der Waals surface area (Å²) < 4.78 is 10.5. The van der Waals surface area contributed by atoms with E-state index in [0.29, 0.717) is 0 Å². The highest BCUT2D eigenvalue weighted by Crippen LogP contribution is 2.30. The Morgan fingerprint density at radius 3 is 2.56 bits per heavy atom. The minimum atomic E-state index is 0.774. The Kier molecular flexibility index (Phi) is 3.47. The van der Waals surface area contributed by atoms with E-state index >= 15 is 0 Å². The standard InChI is InChI=1S/C13H17NO2/c1-15-12-6-5-10(8-13(12)16-2)11-4-3-7-14-9-11/h4-6,8,14H,3,7,9H2,1-2H3. The molecule has 1 aromatic carbocycles. The second-order valence-corrected chi connectivity index (χ2v) is 3.76. The van der Waals surface area contributed by atoms with Crippen molar-refractivity contribution in [3.63, 3.8) is 0 Å². The van der Waals surface area contributed by atoms with Crippen molar-refractivity contribution in [1.29, 1.82) is 0 Å². The third kappa shape index (κ3) is 2.19. The highest BCUT2D eigenvalue weighted by Gasteiger charge is 2.09. The Morgan fingerprint density at radius 2 is 1.94 bits per heavy atom. The molecule has 0 atom stereocenters. The number of methoxy groups -OCH3 is 2. The van der Waals surface area contributed by atoms with E-state index < -0.39 is 0 Å². The summed E-state index contributed by atoms with van der Waals surface area (Å²) in [5.41, 5.74) is 2.53. The van der Waals surface area contributed by atoms with Crippen LogP contribution >= 0.6 is 0 Å². The van der Waals surface area contributed by atoms with Gasteiger partial charge in [-0.05, 0) is 36.2 Å². The van der Waals surface area contributed by atoms with Gasteiger partial charge in [0, 0.05) is 6.54 Å². The molecular weight excluding hydrogens is 202 g/mol. The van der Waals surface area contributed by atoms with Gasteiger partial charge in [0.1, 0.15) is 0 Å². The Balaban J connectivity index is 2.31. The number of nitrogens with one attached hydrogen (secondary N) is 1. The number of hydrogen-bond acceptors (Lipinski definition) is 3. The lowest BCUT2D eigenvalue weighted by Gasteiger charge is -2.16. The minimum absolute atomic E-state index is 0.774. The van der Waals surface area contributed by atoms with Gasteiger partial charge in [0.15, 0.2) is 11.5 Å². The molecule has 0 bridgehead atoms. The van der Waals surface area contributed by atoms with Crippen molar-refractivity contribution in [3.05, 3.63) is 29.8 Å². The molecule has 0 saturated heterocycles. The normalized spacial score (nSPS) is 15.5. The zero-order chi connectivity index (χ0) is 11.4. The predicted octanol–water partition coefficient (Wildman–Crippen LogP) is 2.08. The quantitative estimate of drug-likeness (QED) is 0.844. The van der Waals surface area contributed by atoms with Crippen LogP contribution in [0.2, 0.25) is 0 Å². The van der Waals surface area contributed by atoms with Gasteiger partial charge in [0.25, 0.3) is 0 Å². The number of rotatable bonds is 3. The Bertz CT molecular complexity index is 399. The van der Waals surface area contributed by atoms with Gasteiger partial charge in [0.05, 0.1) is 14.2 Å². The topological polar surface area (TPSA) is 30.5 Å². The van der Waals surface area contributed by atoms with E-state index in [2.05, 4.69) is 17.5 Å². The van der Waals surface area contributed by atoms with Gasteiger partial charge in [-0.25, -0.2) is 0 Å². The fourth-order valence-electron chi connectivity index (χ4n) is 1.90. The first-order valence-electron chi connectivity index (χ1n) is 5.47. The van der Waals surface area contributed by atoms with Crippen LogP contribution in [0.1, 0.15) is 12.0 Å². The molecule has 1 N–H and O–H groups in total. The average Bonchev–Trinajstić information content (AvgIpc) is 2.39. The average molecular weight is 219 g/mol. The molecule has 0 radical (unpaired) electrons. The largest absolute Gasteiger partial charge is 0.493 e. The summed E-state index contributed by atoms with van der Waals surface area (Å²) in [5, 5.41) is 3.36. The highest BCUT2D eigenvalue weighted by molar-refractivity contribution is 5.69.